The van der Waals surface area contributed by atoms with Crippen LogP contribution in [-0.2, 0) is 9.47 Å². The van der Waals surface area contributed by atoms with Gasteiger partial charge < -0.3 is 15.2 Å². The van der Waals surface area contributed by atoms with Gasteiger partial charge in [-0.1, -0.05) is 6.42 Å². The first-order chi connectivity index (χ1) is 10.0. The molecule has 0 bridgehead atoms. The second-order valence-corrected chi connectivity index (χ2v) is 6.23. The first-order valence-electron chi connectivity index (χ1n) is 7.31. The van der Waals surface area contributed by atoms with Gasteiger partial charge in [-0.3, -0.25) is 0 Å². The summed E-state index contributed by atoms with van der Waals surface area (Å²) in [5.74, 6) is -0.868. The SMILES string of the molecule is CCOC(=O)c1c(N)sc(C(=O)OC2CCCCC2)c1C. The second kappa shape index (κ2) is 6.93. The van der Waals surface area contributed by atoms with Crippen LogP contribution in [0.4, 0.5) is 5.00 Å². The van der Waals surface area contributed by atoms with Gasteiger partial charge in [0.1, 0.15) is 16.0 Å². The van der Waals surface area contributed by atoms with Crippen LogP contribution in [0.25, 0.3) is 0 Å². The first-order valence-corrected chi connectivity index (χ1v) is 8.13. The number of hydrogen-bond donors (Lipinski definition) is 1. The Morgan fingerprint density at radius 3 is 2.52 bits per heavy atom. The molecule has 1 heterocycles. The molecule has 0 atom stereocenters. The van der Waals surface area contributed by atoms with Crippen molar-refractivity contribution in [3.63, 3.8) is 0 Å². The van der Waals surface area contributed by atoms with E-state index in [1.165, 1.54) is 6.42 Å². The maximum absolute atomic E-state index is 12.3. The molecular weight excluding hydrogens is 290 g/mol. The first kappa shape index (κ1) is 15.8. The van der Waals surface area contributed by atoms with Gasteiger partial charge >= 0.3 is 11.9 Å². The number of carbonyl (C=O) groups excluding carboxylic acids is 2. The highest BCUT2D eigenvalue weighted by Crippen LogP contribution is 2.32. The molecule has 0 unspecified atom stereocenters. The van der Waals surface area contributed by atoms with E-state index in [4.69, 9.17) is 15.2 Å². The quantitative estimate of drug-likeness (QED) is 0.863. The summed E-state index contributed by atoms with van der Waals surface area (Å²) in [4.78, 5) is 24.5. The molecule has 6 heteroatoms. The number of carbonyl (C=O) groups is 2. The van der Waals surface area contributed by atoms with Crippen molar-refractivity contribution in [3.8, 4) is 0 Å². The van der Waals surface area contributed by atoms with E-state index in [-0.39, 0.29) is 24.2 Å². The van der Waals surface area contributed by atoms with E-state index in [2.05, 4.69) is 0 Å². The Hall–Kier alpha value is -1.56. The number of ether oxygens (including phenoxy) is 2. The molecule has 1 aromatic rings. The molecule has 1 aromatic heterocycles. The van der Waals surface area contributed by atoms with Crippen molar-refractivity contribution in [2.75, 3.05) is 12.3 Å². The Morgan fingerprint density at radius 1 is 1.24 bits per heavy atom. The van der Waals surface area contributed by atoms with Gasteiger partial charge in [0.25, 0.3) is 0 Å². The average molecular weight is 311 g/mol. The molecule has 1 aliphatic rings. The van der Waals surface area contributed by atoms with Gasteiger partial charge in [0.15, 0.2) is 0 Å². The van der Waals surface area contributed by atoms with Crippen LogP contribution in [0.3, 0.4) is 0 Å². The van der Waals surface area contributed by atoms with Crippen molar-refractivity contribution in [3.05, 3.63) is 16.0 Å². The smallest absolute Gasteiger partial charge is 0.348 e. The summed E-state index contributed by atoms with van der Waals surface area (Å²) in [6, 6.07) is 0. The molecule has 0 spiro atoms. The van der Waals surface area contributed by atoms with Crippen LogP contribution in [0.15, 0.2) is 0 Å². The summed E-state index contributed by atoms with van der Waals surface area (Å²) in [5.41, 5.74) is 6.70. The van der Waals surface area contributed by atoms with Crippen molar-refractivity contribution in [1.82, 2.24) is 0 Å². The topological polar surface area (TPSA) is 78.6 Å². The van der Waals surface area contributed by atoms with Crippen LogP contribution < -0.4 is 5.73 Å². The molecule has 5 nitrogen and oxygen atoms in total. The number of nitrogens with two attached hydrogens (primary N) is 1. The average Bonchev–Trinajstić information content (AvgIpc) is 2.75. The molecule has 0 aromatic carbocycles. The van der Waals surface area contributed by atoms with E-state index in [9.17, 15) is 9.59 Å². The second-order valence-electron chi connectivity index (χ2n) is 5.18. The highest BCUT2D eigenvalue weighted by Gasteiger charge is 2.27. The molecule has 2 rings (SSSR count). The van der Waals surface area contributed by atoms with Gasteiger partial charge in [-0.05, 0) is 45.1 Å². The maximum Gasteiger partial charge on any atom is 0.348 e. The van der Waals surface area contributed by atoms with E-state index in [0.717, 1.165) is 37.0 Å². The normalized spacial score (nSPS) is 15.7. The third-order valence-electron chi connectivity index (χ3n) is 3.66. The van der Waals surface area contributed by atoms with Crippen molar-refractivity contribution in [2.24, 2.45) is 0 Å². The number of anilines is 1. The lowest BCUT2D eigenvalue weighted by atomic mass is 9.98. The van der Waals surface area contributed by atoms with Gasteiger partial charge in [0, 0.05) is 0 Å². The molecule has 0 saturated heterocycles. The van der Waals surface area contributed by atoms with E-state index < -0.39 is 5.97 Å². The van der Waals surface area contributed by atoms with E-state index >= 15 is 0 Å². The van der Waals surface area contributed by atoms with Gasteiger partial charge in [-0.2, -0.15) is 0 Å². The lowest BCUT2D eigenvalue weighted by molar-refractivity contribution is 0.0216. The van der Waals surface area contributed by atoms with Crippen LogP contribution >= 0.6 is 11.3 Å². The zero-order chi connectivity index (χ0) is 15.4. The lowest BCUT2D eigenvalue weighted by Gasteiger charge is -2.21. The lowest BCUT2D eigenvalue weighted by Crippen LogP contribution is -2.20. The van der Waals surface area contributed by atoms with Crippen LogP contribution in [0.2, 0.25) is 0 Å². The molecular formula is C15H21NO4S. The fraction of sp³-hybridized carbons (Fsp3) is 0.600. The Kier molecular flexibility index (Phi) is 5.22. The molecule has 21 heavy (non-hydrogen) atoms. The minimum absolute atomic E-state index is 0.0139. The van der Waals surface area contributed by atoms with E-state index in [1.54, 1.807) is 13.8 Å². The Balaban J connectivity index is 2.14. The molecule has 116 valence electrons. The minimum Gasteiger partial charge on any atom is -0.462 e. The fourth-order valence-corrected chi connectivity index (χ4v) is 3.52. The van der Waals surface area contributed by atoms with Gasteiger partial charge in [0.05, 0.1) is 12.2 Å². The van der Waals surface area contributed by atoms with Crippen molar-refractivity contribution < 1.29 is 19.1 Å². The monoisotopic (exact) mass is 311 g/mol. The van der Waals surface area contributed by atoms with Crippen molar-refractivity contribution in [1.29, 1.82) is 0 Å². The molecule has 2 N–H and O–H groups in total. The van der Waals surface area contributed by atoms with Crippen molar-refractivity contribution >= 4 is 28.3 Å². The summed E-state index contributed by atoms with van der Waals surface area (Å²) >= 11 is 1.09. The number of nitrogen functional groups attached to an aromatic ring is 1. The van der Waals surface area contributed by atoms with Gasteiger partial charge in [0.2, 0.25) is 0 Å². The third kappa shape index (κ3) is 3.56. The summed E-state index contributed by atoms with van der Waals surface area (Å²) in [6.45, 7) is 3.71. The van der Waals surface area contributed by atoms with E-state index in [1.807, 2.05) is 0 Å². The molecule has 0 amide bonds. The van der Waals surface area contributed by atoms with Crippen LogP contribution in [-0.4, -0.2) is 24.6 Å². The Bertz CT molecular complexity index is 532. The highest BCUT2D eigenvalue weighted by molar-refractivity contribution is 7.18. The number of thiophene rings is 1. The van der Waals surface area contributed by atoms with Crippen LogP contribution in [0, 0.1) is 6.92 Å². The standard InChI is InChI=1S/C15H21NO4S/c1-3-19-14(17)11-9(2)12(21-13(11)16)15(18)20-10-7-5-4-6-8-10/h10H,3-8,16H2,1-2H3. The van der Waals surface area contributed by atoms with Crippen LogP contribution in [0.1, 0.15) is 64.6 Å². The zero-order valence-corrected chi connectivity index (χ0v) is 13.3. The number of esters is 2. The summed E-state index contributed by atoms with van der Waals surface area (Å²) in [6.07, 6.45) is 5.20. The minimum atomic E-state index is -0.486. The maximum atomic E-state index is 12.3. The molecule has 1 saturated carbocycles. The Labute approximate surface area is 128 Å². The van der Waals surface area contributed by atoms with Crippen LogP contribution in [0.5, 0.6) is 0 Å². The number of hydrogen-bond acceptors (Lipinski definition) is 6. The zero-order valence-electron chi connectivity index (χ0n) is 12.4. The molecule has 1 aliphatic carbocycles. The van der Waals surface area contributed by atoms with E-state index in [0.29, 0.717) is 15.4 Å². The highest BCUT2D eigenvalue weighted by atomic mass is 32.1. The molecule has 0 aliphatic heterocycles. The summed E-state index contributed by atoms with van der Waals surface area (Å²) in [5, 5.41) is 0.307. The van der Waals surface area contributed by atoms with Gasteiger partial charge in [-0.25, -0.2) is 9.59 Å². The third-order valence-corrected chi connectivity index (χ3v) is 4.77. The fourth-order valence-electron chi connectivity index (χ4n) is 2.58. The summed E-state index contributed by atoms with van der Waals surface area (Å²) < 4.78 is 10.5. The molecule has 1 fully saturated rings. The Morgan fingerprint density at radius 2 is 1.90 bits per heavy atom. The predicted molar refractivity (Wildman–Crippen MR) is 81.7 cm³/mol. The summed E-state index contributed by atoms with van der Waals surface area (Å²) in [7, 11) is 0. The largest absolute Gasteiger partial charge is 0.462 e. The van der Waals surface area contributed by atoms with Gasteiger partial charge in [-0.15, -0.1) is 11.3 Å². The molecule has 0 radical (unpaired) electrons. The number of rotatable bonds is 4. The predicted octanol–water partition coefficient (Wildman–Crippen LogP) is 3.30. The van der Waals surface area contributed by atoms with Crippen molar-refractivity contribution in [2.45, 2.75) is 52.1 Å².